The minimum absolute atomic E-state index is 0.226. The number of hydrogen-bond donors (Lipinski definition) is 0. The van der Waals surface area contributed by atoms with Gasteiger partial charge in [-0.3, -0.25) is 14.5 Å². The van der Waals surface area contributed by atoms with E-state index in [0.29, 0.717) is 36.3 Å². The molecule has 3 aromatic rings. The van der Waals surface area contributed by atoms with Gasteiger partial charge in [-0.25, -0.2) is 0 Å². The van der Waals surface area contributed by atoms with Gasteiger partial charge in [-0.1, -0.05) is 57.3 Å². The normalized spacial score (nSPS) is 14.9. The predicted molar refractivity (Wildman–Crippen MR) is 148 cm³/mol. The SMILES string of the molecule is O=C1S/C(=C\c2cc(Br)c(OCc3ccc(Cl)c(Cl)c3)c(Br)c2)C(=O)N1Cc1ccc(Br)cc1. The Morgan fingerprint density at radius 3 is 2.18 bits per heavy atom. The van der Waals surface area contributed by atoms with Crippen LogP contribution in [0.25, 0.3) is 6.08 Å². The highest BCUT2D eigenvalue weighted by Gasteiger charge is 2.35. The Morgan fingerprint density at radius 1 is 0.882 bits per heavy atom. The number of thioether (sulfide) groups is 1. The quantitative estimate of drug-likeness (QED) is 0.240. The summed E-state index contributed by atoms with van der Waals surface area (Å²) in [7, 11) is 0. The highest BCUT2D eigenvalue weighted by Crippen LogP contribution is 2.38. The third-order valence-corrected chi connectivity index (χ3v) is 8.17. The fourth-order valence-electron chi connectivity index (χ4n) is 3.15. The second-order valence-electron chi connectivity index (χ2n) is 7.25. The summed E-state index contributed by atoms with van der Waals surface area (Å²) in [6.45, 7) is 0.520. The Balaban J connectivity index is 1.49. The number of halogens is 5. The van der Waals surface area contributed by atoms with Crippen LogP contribution in [0.1, 0.15) is 16.7 Å². The number of hydrogen-bond acceptors (Lipinski definition) is 4. The zero-order valence-corrected chi connectivity index (χ0v) is 24.2. The summed E-state index contributed by atoms with van der Waals surface area (Å²) in [4.78, 5) is 27.0. The third kappa shape index (κ3) is 6.09. The van der Waals surface area contributed by atoms with E-state index in [1.54, 1.807) is 18.2 Å². The minimum atomic E-state index is -0.315. The van der Waals surface area contributed by atoms with Gasteiger partial charge in [0.2, 0.25) is 0 Å². The Morgan fingerprint density at radius 2 is 1.53 bits per heavy atom. The van der Waals surface area contributed by atoms with E-state index in [1.165, 1.54) is 4.90 Å². The second kappa shape index (κ2) is 11.2. The zero-order chi connectivity index (χ0) is 24.4. The Hall–Kier alpha value is -1.29. The first kappa shape index (κ1) is 25.8. The molecule has 0 aliphatic carbocycles. The molecule has 0 atom stereocenters. The van der Waals surface area contributed by atoms with Gasteiger partial charge in [0.1, 0.15) is 12.4 Å². The molecule has 34 heavy (non-hydrogen) atoms. The van der Waals surface area contributed by atoms with Crippen LogP contribution in [0.4, 0.5) is 4.79 Å². The molecule has 0 aromatic heterocycles. The highest BCUT2D eigenvalue weighted by atomic mass is 79.9. The third-order valence-electron chi connectivity index (χ3n) is 4.81. The van der Waals surface area contributed by atoms with Crippen LogP contribution in [0, 0.1) is 0 Å². The number of ether oxygens (including phenoxy) is 1. The largest absolute Gasteiger partial charge is 0.487 e. The van der Waals surface area contributed by atoms with Gasteiger partial charge in [-0.05, 0) is 103 Å². The summed E-state index contributed by atoms with van der Waals surface area (Å²) in [5, 5.41) is 0.655. The van der Waals surface area contributed by atoms with E-state index < -0.39 is 0 Å². The summed E-state index contributed by atoms with van der Waals surface area (Å²) in [6.07, 6.45) is 1.70. The number of benzene rings is 3. The Kier molecular flexibility index (Phi) is 8.48. The van der Waals surface area contributed by atoms with Gasteiger partial charge >= 0.3 is 0 Å². The van der Waals surface area contributed by atoms with E-state index in [-0.39, 0.29) is 17.7 Å². The Bertz CT molecular complexity index is 1290. The van der Waals surface area contributed by atoms with Crippen molar-refractivity contribution >= 4 is 100.0 Å². The van der Waals surface area contributed by atoms with Crippen molar-refractivity contribution in [3.63, 3.8) is 0 Å². The molecule has 0 N–H and O–H groups in total. The van der Waals surface area contributed by atoms with E-state index in [4.69, 9.17) is 27.9 Å². The molecule has 0 saturated carbocycles. The molecule has 1 aliphatic rings. The maximum Gasteiger partial charge on any atom is 0.293 e. The molecule has 0 spiro atoms. The van der Waals surface area contributed by atoms with E-state index >= 15 is 0 Å². The fourth-order valence-corrected chi connectivity index (χ4v) is 6.02. The first-order valence-electron chi connectivity index (χ1n) is 9.77. The topological polar surface area (TPSA) is 46.6 Å². The number of carbonyl (C=O) groups is 2. The van der Waals surface area contributed by atoms with E-state index in [2.05, 4.69) is 47.8 Å². The standard InChI is InChI=1S/C24H14Br3Cl2NO3S/c25-16-4-1-13(2-5-16)11-30-23(31)21(34-24(30)32)10-15-7-17(26)22(18(27)8-15)33-12-14-3-6-19(28)20(29)9-14/h1-10H,11-12H2/b21-10-. The van der Waals surface area contributed by atoms with Crippen molar-refractivity contribution in [2.24, 2.45) is 0 Å². The molecule has 174 valence electrons. The monoisotopic (exact) mass is 703 g/mol. The van der Waals surface area contributed by atoms with Crippen LogP contribution in [0.2, 0.25) is 10.0 Å². The van der Waals surface area contributed by atoms with Crippen LogP contribution in [0.15, 0.2) is 72.9 Å². The van der Waals surface area contributed by atoms with Crippen molar-refractivity contribution in [1.29, 1.82) is 0 Å². The molecule has 3 aromatic carbocycles. The van der Waals surface area contributed by atoms with Crippen molar-refractivity contribution < 1.29 is 14.3 Å². The number of rotatable bonds is 6. The van der Waals surface area contributed by atoms with E-state index in [0.717, 1.165) is 32.9 Å². The molecule has 4 nitrogen and oxygen atoms in total. The molecular weight excluding hydrogens is 693 g/mol. The van der Waals surface area contributed by atoms with Crippen LogP contribution in [-0.4, -0.2) is 16.0 Å². The van der Waals surface area contributed by atoms with Gasteiger partial charge in [0.25, 0.3) is 11.1 Å². The first-order chi connectivity index (χ1) is 16.2. The van der Waals surface area contributed by atoms with Gasteiger partial charge in [-0.15, -0.1) is 0 Å². The van der Waals surface area contributed by atoms with Crippen LogP contribution in [-0.2, 0) is 17.9 Å². The minimum Gasteiger partial charge on any atom is -0.487 e. The van der Waals surface area contributed by atoms with Crippen molar-refractivity contribution in [3.8, 4) is 5.75 Å². The van der Waals surface area contributed by atoms with Crippen LogP contribution < -0.4 is 4.74 Å². The molecule has 1 heterocycles. The van der Waals surface area contributed by atoms with Crippen LogP contribution >= 0.6 is 82.8 Å². The molecule has 1 saturated heterocycles. The Labute approximate surface area is 236 Å². The lowest BCUT2D eigenvalue weighted by atomic mass is 10.2. The van der Waals surface area contributed by atoms with Crippen molar-refractivity contribution in [2.45, 2.75) is 13.2 Å². The molecule has 1 fully saturated rings. The molecule has 0 unspecified atom stereocenters. The maximum atomic E-state index is 12.9. The van der Waals surface area contributed by atoms with Crippen molar-refractivity contribution in [1.82, 2.24) is 4.90 Å². The number of nitrogens with zero attached hydrogens (tertiary/aromatic N) is 1. The highest BCUT2D eigenvalue weighted by molar-refractivity contribution is 9.11. The van der Waals surface area contributed by atoms with E-state index in [1.807, 2.05) is 42.5 Å². The summed E-state index contributed by atoms with van der Waals surface area (Å²) < 4.78 is 8.28. The first-order valence-corrected chi connectivity index (χ1v) is 13.7. The number of carbonyl (C=O) groups excluding carboxylic acids is 2. The van der Waals surface area contributed by atoms with Gasteiger partial charge in [0, 0.05) is 4.47 Å². The second-order valence-corrected chi connectivity index (χ2v) is 11.7. The molecule has 1 aliphatic heterocycles. The zero-order valence-electron chi connectivity index (χ0n) is 17.2. The number of imide groups is 1. The average molecular weight is 707 g/mol. The van der Waals surface area contributed by atoms with Crippen LogP contribution in [0.3, 0.4) is 0 Å². The van der Waals surface area contributed by atoms with E-state index in [9.17, 15) is 9.59 Å². The summed E-state index contributed by atoms with van der Waals surface area (Å²) in [6, 6.07) is 16.5. The lowest BCUT2D eigenvalue weighted by Gasteiger charge is -2.13. The van der Waals surface area contributed by atoms with Gasteiger partial charge in [0.15, 0.2) is 0 Å². The maximum absolute atomic E-state index is 12.9. The van der Waals surface area contributed by atoms with Crippen molar-refractivity contribution in [3.05, 3.63) is 99.7 Å². The molecule has 4 rings (SSSR count). The summed E-state index contributed by atoms with van der Waals surface area (Å²) in [5.74, 6) is 0.289. The van der Waals surface area contributed by atoms with Gasteiger partial charge in [0.05, 0.1) is 30.4 Å². The predicted octanol–water partition coefficient (Wildman–Crippen LogP) is 9.10. The van der Waals surface area contributed by atoms with Gasteiger partial charge in [-0.2, -0.15) is 0 Å². The molecular formula is C24H14Br3Cl2NO3S. The molecule has 0 radical (unpaired) electrons. The summed E-state index contributed by atoms with van der Waals surface area (Å²) in [5.41, 5.74) is 2.49. The lowest BCUT2D eigenvalue weighted by Crippen LogP contribution is -2.27. The molecule has 0 bridgehead atoms. The smallest absolute Gasteiger partial charge is 0.293 e. The lowest BCUT2D eigenvalue weighted by molar-refractivity contribution is -0.123. The van der Waals surface area contributed by atoms with Crippen LogP contribution in [0.5, 0.6) is 5.75 Å². The number of amides is 2. The fraction of sp³-hybridized carbons (Fsp3) is 0.0833. The summed E-state index contributed by atoms with van der Waals surface area (Å²) >= 11 is 23.4. The molecule has 2 amide bonds. The van der Waals surface area contributed by atoms with Crippen molar-refractivity contribution in [2.75, 3.05) is 0 Å². The molecule has 10 heteroatoms. The van der Waals surface area contributed by atoms with Gasteiger partial charge < -0.3 is 4.74 Å². The average Bonchev–Trinajstić information content (AvgIpc) is 3.04.